The van der Waals surface area contributed by atoms with Crippen molar-refractivity contribution in [1.29, 1.82) is 0 Å². The van der Waals surface area contributed by atoms with Gasteiger partial charge in [-0.25, -0.2) is 8.42 Å². The predicted octanol–water partition coefficient (Wildman–Crippen LogP) is 2.48. The topological polar surface area (TPSA) is 63.7 Å². The average Bonchev–Trinajstić information content (AvgIpc) is 2.34. The van der Waals surface area contributed by atoms with Gasteiger partial charge in [0.15, 0.2) is 0 Å². The fourth-order valence-corrected chi connectivity index (χ4v) is 3.01. The Hall–Kier alpha value is -1.27. The lowest BCUT2D eigenvalue weighted by Gasteiger charge is -2.14. The molecule has 0 unspecified atom stereocenters. The molecule has 1 rings (SSSR count). The molecule has 7 heteroatoms. The average molecular weight is 334 g/mol. The Morgan fingerprint density at radius 2 is 1.90 bits per heavy atom. The lowest BCUT2D eigenvalue weighted by Crippen LogP contribution is -2.21. The Morgan fingerprint density at radius 1 is 1.29 bits per heavy atom. The lowest BCUT2D eigenvalue weighted by atomic mass is 10.1. The van der Waals surface area contributed by atoms with Gasteiger partial charge in [0, 0.05) is 31.2 Å². The van der Waals surface area contributed by atoms with Crippen molar-refractivity contribution in [3.63, 3.8) is 0 Å². The van der Waals surface area contributed by atoms with E-state index in [0.29, 0.717) is 18.4 Å². The van der Waals surface area contributed by atoms with E-state index in [2.05, 4.69) is 0 Å². The molecule has 0 aliphatic carbocycles. The van der Waals surface area contributed by atoms with Gasteiger partial charge < -0.3 is 9.64 Å². The van der Waals surface area contributed by atoms with Crippen LogP contribution in [0.1, 0.15) is 24.0 Å². The van der Waals surface area contributed by atoms with Gasteiger partial charge in [0.2, 0.25) is 5.91 Å². The number of ether oxygens (including phenoxy) is 1. The first-order valence-corrected chi connectivity index (χ1v) is 8.82. The number of amides is 1. The summed E-state index contributed by atoms with van der Waals surface area (Å²) in [6.45, 7) is 3.81. The van der Waals surface area contributed by atoms with Crippen LogP contribution in [0.25, 0.3) is 0 Å². The highest BCUT2D eigenvalue weighted by molar-refractivity contribution is 8.13. The first-order valence-electron chi connectivity index (χ1n) is 6.51. The molecule has 21 heavy (non-hydrogen) atoms. The van der Waals surface area contributed by atoms with Gasteiger partial charge in [-0.15, -0.1) is 0 Å². The van der Waals surface area contributed by atoms with E-state index in [9.17, 15) is 13.2 Å². The highest BCUT2D eigenvalue weighted by Gasteiger charge is 2.19. The summed E-state index contributed by atoms with van der Waals surface area (Å²) >= 11 is 0. The van der Waals surface area contributed by atoms with Crippen LogP contribution in [-0.4, -0.2) is 39.9 Å². The molecule has 118 valence electrons. The van der Waals surface area contributed by atoms with Gasteiger partial charge in [0.1, 0.15) is 10.6 Å². The third-order valence-electron chi connectivity index (χ3n) is 2.93. The molecule has 0 N–H and O–H groups in total. The summed E-state index contributed by atoms with van der Waals surface area (Å²) in [6.07, 6.45) is 0.854. The normalized spacial score (nSPS) is 11.3. The molecule has 5 nitrogen and oxygen atoms in total. The van der Waals surface area contributed by atoms with Crippen LogP contribution in [0.3, 0.4) is 0 Å². The standard InChI is InChI=1S/C14H20ClNO4S/c1-10-8-11(2)14(12(9-10)21(15,18)19)20-7-5-6-13(17)16(3)4/h8-9H,5-7H2,1-4H3. The van der Waals surface area contributed by atoms with Crippen molar-refractivity contribution >= 4 is 25.6 Å². The van der Waals surface area contributed by atoms with Crippen molar-refractivity contribution in [1.82, 2.24) is 4.90 Å². The van der Waals surface area contributed by atoms with E-state index in [-0.39, 0.29) is 23.2 Å². The Bertz CT molecular complexity index is 626. The molecule has 0 spiro atoms. The van der Waals surface area contributed by atoms with Gasteiger partial charge in [-0.05, 0) is 37.5 Å². The van der Waals surface area contributed by atoms with Crippen LogP contribution >= 0.6 is 10.7 Å². The second-order valence-corrected chi connectivity index (χ2v) is 7.62. The molecule has 0 fully saturated rings. The van der Waals surface area contributed by atoms with Crippen LogP contribution < -0.4 is 4.74 Å². The summed E-state index contributed by atoms with van der Waals surface area (Å²) < 4.78 is 28.8. The summed E-state index contributed by atoms with van der Waals surface area (Å²) in [7, 11) is 4.94. The number of rotatable bonds is 6. The molecule has 1 aromatic carbocycles. The van der Waals surface area contributed by atoms with Crippen LogP contribution in [0, 0.1) is 13.8 Å². The molecule has 0 atom stereocenters. The molecule has 0 heterocycles. The minimum atomic E-state index is -3.87. The van der Waals surface area contributed by atoms with E-state index in [1.807, 2.05) is 6.07 Å². The van der Waals surface area contributed by atoms with E-state index in [4.69, 9.17) is 15.4 Å². The molecule has 0 saturated carbocycles. The van der Waals surface area contributed by atoms with Gasteiger partial charge in [0.05, 0.1) is 6.61 Å². The van der Waals surface area contributed by atoms with E-state index in [1.54, 1.807) is 27.9 Å². The maximum absolute atomic E-state index is 11.6. The summed E-state index contributed by atoms with van der Waals surface area (Å²) in [4.78, 5) is 12.9. The van der Waals surface area contributed by atoms with Crippen LogP contribution in [0.15, 0.2) is 17.0 Å². The zero-order chi connectivity index (χ0) is 16.2. The minimum absolute atomic E-state index is 0.00409. The minimum Gasteiger partial charge on any atom is -0.492 e. The van der Waals surface area contributed by atoms with Gasteiger partial charge in [-0.3, -0.25) is 4.79 Å². The lowest BCUT2D eigenvalue weighted by molar-refractivity contribution is -0.128. The Morgan fingerprint density at radius 3 is 2.43 bits per heavy atom. The SMILES string of the molecule is Cc1cc(C)c(OCCCC(=O)N(C)C)c(S(=O)(=O)Cl)c1. The molecule has 1 amide bonds. The number of carbonyl (C=O) groups is 1. The number of hydrogen-bond donors (Lipinski definition) is 0. The molecule has 0 bridgehead atoms. The molecular weight excluding hydrogens is 314 g/mol. The van der Waals surface area contributed by atoms with Gasteiger partial charge in [-0.1, -0.05) is 6.07 Å². The third kappa shape index (κ3) is 5.21. The monoisotopic (exact) mass is 333 g/mol. The molecule has 0 saturated heterocycles. The van der Waals surface area contributed by atoms with Crippen molar-refractivity contribution in [2.45, 2.75) is 31.6 Å². The quantitative estimate of drug-likeness (QED) is 0.592. The zero-order valence-electron chi connectivity index (χ0n) is 12.6. The molecule has 0 aromatic heterocycles. The number of aryl methyl sites for hydroxylation is 2. The molecule has 1 aromatic rings. The van der Waals surface area contributed by atoms with E-state index in [0.717, 1.165) is 5.56 Å². The number of hydrogen-bond acceptors (Lipinski definition) is 4. The maximum Gasteiger partial charge on any atom is 0.265 e. The maximum atomic E-state index is 11.6. The smallest absolute Gasteiger partial charge is 0.265 e. The number of nitrogens with zero attached hydrogens (tertiary/aromatic N) is 1. The number of benzene rings is 1. The fraction of sp³-hybridized carbons (Fsp3) is 0.500. The number of carbonyl (C=O) groups excluding carboxylic acids is 1. The highest BCUT2D eigenvalue weighted by Crippen LogP contribution is 2.31. The van der Waals surface area contributed by atoms with Gasteiger partial charge in [-0.2, -0.15) is 0 Å². The summed E-state index contributed by atoms with van der Waals surface area (Å²) in [5.74, 6) is 0.261. The molecular formula is C14H20ClNO4S. The Balaban J connectivity index is 2.82. The molecule has 0 aliphatic heterocycles. The van der Waals surface area contributed by atoms with E-state index < -0.39 is 9.05 Å². The second kappa shape index (κ2) is 7.13. The van der Waals surface area contributed by atoms with Crippen molar-refractivity contribution < 1.29 is 17.9 Å². The van der Waals surface area contributed by atoms with Crippen molar-refractivity contribution in [2.75, 3.05) is 20.7 Å². The summed E-state index contributed by atoms with van der Waals surface area (Å²) in [6, 6.07) is 3.31. The van der Waals surface area contributed by atoms with Crippen molar-refractivity contribution in [2.24, 2.45) is 0 Å². The third-order valence-corrected chi connectivity index (χ3v) is 4.26. The first kappa shape index (κ1) is 17.8. The van der Waals surface area contributed by atoms with Gasteiger partial charge >= 0.3 is 0 Å². The number of halogens is 1. The first-order chi connectivity index (χ1) is 9.62. The van der Waals surface area contributed by atoms with Gasteiger partial charge in [0.25, 0.3) is 9.05 Å². The van der Waals surface area contributed by atoms with Crippen molar-refractivity contribution in [3.05, 3.63) is 23.3 Å². The molecule has 0 aliphatic rings. The highest BCUT2D eigenvalue weighted by atomic mass is 35.7. The Kier molecular flexibility index (Phi) is 6.04. The fourth-order valence-electron chi connectivity index (χ4n) is 1.90. The Labute approximate surface area is 130 Å². The zero-order valence-corrected chi connectivity index (χ0v) is 14.2. The van der Waals surface area contributed by atoms with E-state index >= 15 is 0 Å². The van der Waals surface area contributed by atoms with E-state index in [1.165, 1.54) is 11.0 Å². The van der Waals surface area contributed by atoms with Crippen molar-refractivity contribution in [3.8, 4) is 5.75 Å². The van der Waals surface area contributed by atoms with Crippen LogP contribution in [0.5, 0.6) is 5.75 Å². The molecule has 0 radical (unpaired) electrons. The van der Waals surface area contributed by atoms with Crippen LogP contribution in [0.2, 0.25) is 0 Å². The van der Waals surface area contributed by atoms with Crippen LogP contribution in [-0.2, 0) is 13.8 Å². The predicted molar refractivity (Wildman–Crippen MR) is 82.4 cm³/mol. The summed E-state index contributed by atoms with van der Waals surface area (Å²) in [5, 5.41) is 0. The second-order valence-electron chi connectivity index (χ2n) is 5.09. The largest absolute Gasteiger partial charge is 0.492 e. The summed E-state index contributed by atoms with van der Waals surface area (Å²) in [5.41, 5.74) is 1.50. The van der Waals surface area contributed by atoms with Crippen LogP contribution in [0.4, 0.5) is 0 Å².